The quantitative estimate of drug-likeness (QED) is 0.867. The van der Waals surface area contributed by atoms with Crippen molar-refractivity contribution < 1.29 is 0 Å². The topological polar surface area (TPSA) is 55.6 Å². The number of hydrogen-bond acceptors (Lipinski definition) is 4. The highest BCUT2D eigenvalue weighted by atomic mass is 15.6. The lowest BCUT2D eigenvalue weighted by molar-refractivity contribution is 0.482. The molecule has 5 nitrogen and oxygen atoms in total. The Morgan fingerprint density at radius 1 is 1.18 bits per heavy atom. The van der Waals surface area contributed by atoms with Gasteiger partial charge in [-0.25, -0.2) is 4.68 Å². The van der Waals surface area contributed by atoms with E-state index in [-0.39, 0.29) is 12.1 Å². The molecular weight excluding hydrogens is 214 g/mol. The van der Waals surface area contributed by atoms with Gasteiger partial charge in [0.1, 0.15) is 0 Å². The van der Waals surface area contributed by atoms with Crippen LogP contribution in [0.1, 0.15) is 37.3 Å². The molecule has 2 rings (SSSR count). The van der Waals surface area contributed by atoms with Crippen molar-refractivity contribution in [2.45, 2.75) is 25.9 Å². The highest BCUT2D eigenvalue weighted by molar-refractivity contribution is 5.19. The molecule has 0 bridgehead atoms. The van der Waals surface area contributed by atoms with Gasteiger partial charge in [0.05, 0.1) is 12.1 Å². The number of rotatable bonds is 4. The van der Waals surface area contributed by atoms with Crippen LogP contribution >= 0.6 is 0 Å². The number of nitrogens with one attached hydrogen (secondary N) is 1. The summed E-state index contributed by atoms with van der Waals surface area (Å²) in [5.41, 5.74) is 1.20. The van der Waals surface area contributed by atoms with E-state index in [9.17, 15) is 0 Å². The molecule has 0 radical (unpaired) electrons. The monoisotopic (exact) mass is 231 g/mol. The van der Waals surface area contributed by atoms with E-state index in [0.717, 1.165) is 5.82 Å². The fourth-order valence-corrected chi connectivity index (χ4v) is 1.76. The van der Waals surface area contributed by atoms with Crippen molar-refractivity contribution in [3.8, 4) is 0 Å². The van der Waals surface area contributed by atoms with Crippen LogP contribution in [0, 0.1) is 0 Å². The first kappa shape index (κ1) is 11.7. The van der Waals surface area contributed by atoms with Gasteiger partial charge in [-0.1, -0.05) is 30.3 Å². The van der Waals surface area contributed by atoms with Gasteiger partial charge < -0.3 is 5.32 Å². The van der Waals surface area contributed by atoms with E-state index in [1.54, 1.807) is 0 Å². The molecule has 0 aliphatic heterocycles. The first-order chi connectivity index (χ1) is 8.24. The smallest absolute Gasteiger partial charge is 0.168 e. The van der Waals surface area contributed by atoms with Crippen LogP contribution < -0.4 is 5.32 Å². The maximum absolute atomic E-state index is 4.08. The van der Waals surface area contributed by atoms with Crippen molar-refractivity contribution >= 4 is 0 Å². The molecule has 1 aromatic carbocycles. The first-order valence-electron chi connectivity index (χ1n) is 5.74. The van der Waals surface area contributed by atoms with Crippen molar-refractivity contribution in [1.29, 1.82) is 0 Å². The summed E-state index contributed by atoms with van der Waals surface area (Å²) in [5, 5.41) is 15.1. The van der Waals surface area contributed by atoms with Crippen molar-refractivity contribution in [1.82, 2.24) is 25.5 Å². The van der Waals surface area contributed by atoms with Crippen LogP contribution in [0.25, 0.3) is 0 Å². The predicted molar refractivity (Wildman–Crippen MR) is 65.5 cm³/mol. The van der Waals surface area contributed by atoms with Crippen LogP contribution in [0.4, 0.5) is 0 Å². The van der Waals surface area contributed by atoms with E-state index in [1.165, 1.54) is 5.56 Å². The molecule has 1 heterocycles. The molecule has 17 heavy (non-hydrogen) atoms. The Balaban J connectivity index is 2.32. The second-order valence-electron chi connectivity index (χ2n) is 4.08. The van der Waals surface area contributed by atoms with Gasteiger partial charge in [0.25, 0.3) is 0 Å². The summed E-state index contributed by atoms with van der Waals surface area (Å²) in [4.78, 5) is 0. The normalized spacial score (nSPS) is 14.5. The fourth-order valence-electron chi connectivity index (χ4n) is 1.76. The SMILES string of the molecule is CNC(C)c1nnnn1C(C)c1ccccc1. The summed E-state index contributed by atoms with van der Waals surface area (Å²) < 4.78 is 1.86. The number of aromatic nitrogens is 4. The second-order valence-corrected chi connectivity index (χ2v) is 4.08. The minimum absolute atomic E-state index is 0.135. The molecule has 1 aromatic heterocycles. The first-order valence-corrected chi connectivity index (χ1v) is 5.74. The molecule has 90 valence electrons. The largest absolute Gasteiger partial charge is 0.311 e. The number of benzene rings is 1. The van der Waals surface area contributed by atoms with Crippen LogP contribution in [0.2, 0.25) is 0 Å². The van der Waals surface area contributed by atoms with E-state index >= 15 is 0 Å². The molecule has 0 aliphatic rings. The van der Waals surface area contributed by atoms with Crippen molar-refractivity contribution in [3.05, 3.63) is 41.7 Å². The molecule has 2 aromatic rings. The highest BCUT2D eigenvalue weighted by Crippen LogP contribution is 2.19. The second kappa shape index (κ2) is 5.05. The summed E-state index contributed by atoms with van der Waals surface area (Å²) in [6, 6.07) is 10.5. The molecule has 0 spiro atoms. The van der Waals surface area contributed by atoms with Gasteiger partial charge in [-0.2, -0.15) is 0 Å². The van der Waals surface area contributed by atoms with Crippen molar-refractivity contribution in [2.24, 2.45) is 0 Å². The molecule has 2 atom stereocenters. The Kier molecular flexibility index (Phi) is 3.49. The van der Waals surface area contributed by atoms with Gasteiger partial charge in [0, 0.05) is 0 Å². The van der Waals surface area contributed by atoms with E-state index in [4.69, 9.17) is 0 Å². The molecule has 1 N–H and O–H groups in total. The summed E-state index contributed by atoms with van der Waals surface area (Å²) in [5.74, 6) is 0.851. The Hall–Kier alpha value is -1.75. The van der Waals surface area contributed by atoms with Crippen molar-refractivity contribution in [3.63, 3.8) is 0 Å². The summed E-state index contributed by atoms with van der Waals surface area (Å²) in [7, 11) is 1.90. The Morgan fingerprint density at radius 2 is 1.88 bits per heavy atom. The molecule has 0 saturated heterocycles. The van der Waals surface area contributed by atoms with Gasteiger partial charge >= 0.3 is 0 Å². The Morgan fingerprint density at radius 3 is 2.53 bits per heavy atom. The van der Waals surface area contributed by atoms with Crippen LogP contribution in [-0.2, 0) is 0 Å². The van der Waals surface area contributed by atoms with Gasteiger partial charge in [-0.15, -0.1) is 5.10 Å². The van der Waals surface area contributed by atoms with Crippen LogP contribution in [0.5, 0.6) is 0 Å². The van der Waals surface area contributed by atoms with Crippen LogP contribution in [0.3, 0.4) is 0 Å². The fraction of sp³-hybridized carbons (Fsp3) is 0.417. The van der Waals surface area contributed by atoms with Gasteiger partial charge in [0.15, 0.2) is 5.82 Å². The third kappa shape index (κ3) is 2.34. The summed E-state index contributed by atoms with van der Waals surface area (Å²) in [6.45, 7) is 4.14. The van der Waals surface area contributed by atoms with E-state index in [1.807, 2.05) is 36.9 Å². The number of tetrazole rings is 1. The maximum atomic E-state index is 4.08. The van der Waals surface area contributed by atoms with Crippen LogP contribution in [0.15, 0.2) is 30.3 Å². The van der Waals surface area contributed by atoms with Gasteiger partial charge in [-0.05, 0) is 36.9 Å². The lowest BCUT2D eigenvalue weighted by atomic mass is 10.1. The number of hydrogen-bond donors (Lipinski definition) is 1. The van der Waals surface area contributed by atoms with Gasteiger partial charge in [-0.3, -0.25) is 0 Å². The lowest BCUT2D eigenvalue weighted by Gasteiger charge is -2.16. The van der Waals surface area contributed by atoms with E-state index in [0.29, 0.717) is 0 Å². The van der Waals surface area contributed by atoms with E-state index in [2.05, 4.69) is 39.9 Å². The molecule has 0 saturated carbocycles. The van der Waals surface area contributed by atoms with E-state index < -0.39 is 0 Å². The molecule has 0 amide bonds. The molecule has 5 heteroatoms. The highest BCUT2D eigenvalue weighted by Gasteiger charge is 2.17. The zero-order valence-corrected chi connectivity index (χ0v) is 10.3. The summed E-state index contributed by atoms with van der Waals surface area (Å²) in [6.07, 6.45) is 0. The molecule has 2 unspecified atom stereocenters. The molecule has 0 aliphatic carbocycles. The van der Waals surface area contributed by atoms with Crippen LogP contribution in [-0.4, -0.2) is 27.3 Å². The third-order valence-corrected chi connectivity index (χ3v) is 2.99. The van der Waals surface area contributed by atoms with Crippen molar-refractivity contribution in [2.75, 3.05) is 7.05 Å². The average molecular weight is 231 g/mol. The third-order valence-electron chi connectivity index (χ3n) is 2.99. The molecule has 0 fully saturated rings. The Bertz CT molecular complexity index is 465. The zero-order chi connectivity index (χ0) is 12.3. The predicted octanol–water partition coefficient (Wildman–Crippen LogP) is 1.56. The molecular formula is C12H17N5. The van der Waals surface area contributed by atoms with Gasteiger partial charge in [0.2, 0.25) is 0 Å². The Labute approximate surface area is 101 Å². The minimum Gasteiger partial charge on any atom is -0.311 e. The minimum atomic E-state index is 0.135. The number of nitrogens with zero attached hydrogens (tertiary/aromatic N) is 4. The lowest BCUT2D eigenvalue weighted by Crippen LogP contribution is -2.21. The summed E-state index contributed by atoms with van der Waals surface area (Å²) >= 11 is 0. The average Bonchev–Trinajstić information content (AvgIpc) is 2.87. The maximum Gasteiger partial charge on any atom is 0.168 e. The zero-order valence-electron chi connectivity index (χ0n) is 10.3. The standard InChI is InChI=1S/C12H17N5/c1-9(13-3)12-14-15-16-17(12)10(2)11-7-5-4-6-8-11/h4-10,13H,1-3H3.